The Balaban J connectivity index is 2.01. The number of aliphatic hydroxyl groups is 1. The highest BCUT2D eigenvalue weighted by Crippen LogP contribution is 2.60. The molecule has 1 N–H and O–H groups in total. The summed E-state index contributed by atoms with van der Waals surface area (Å²) in [7, 11) is 0. The lowest BCUT2D eigenvalue weighted by Crippen LogP contribution is -2.57. The molecule has 3 saturated heterocycles. The zero-order valence-corrected chi connectivity index (χ0v) is 19.2. The summed E-state index contributed by atoms with van der Waals surface area (Å²) < 4.78 is 11.6. The zero-order chi connectivity index (χ0) is 22.1. The molecule has 30 heavy (non-hydrogen) atoms. The van der Waals surface area contributed by atoms with Crippen molar-refractivity contribution in [3.8, 4) is 0 Å². The molecule has 3 aliphatic rings. The minimum absolute atomic E-state index is 0.0136. The summed E-state index contributed by atoms with van der Waals surface area (Å²) in [5, 5.41) is 9.59. The van der Waals surface area contributed by atoms with Gasteiger partial charge in [-0.2, -0.15) is 0 Å². The van der Waals surface area contributed by atoms with Crippen LogP contribution in [0.1, 0.15) is 33.1 Å². The summed E-state index contributed by atoms with van der Waals surface area (Å²) in [6, 6.07) is -0.886. The first-order chi connectivity index (χ1) is 14.4. The van der Waals surface area contributed by atoms with Crippen molar-refractivity contribution in [3.63, 3.8) is 0 Å². The van der Waals surface area contributed by atoms with Gasteiger partial charge in [0.15, 0.2) is 0 Å². The fourth-order valence-electron chi connectivity index (χ4n) is 5.23. The largest absolute Gasteiger partial charge is 0.466 e. The molecule has 8 nitrogen and oxygen atoms in total. The number of esters is 1. The molecular formula is C21H31BrN2O6. The summed E-state index contributed by atoms with van der Waals surface area (Å²) in [6.45, 7) is 8.36. The summed E-state index contributed by atoms with van der Waals surface area (Å²) in [5.41, 5.74) is -1.11. The third kappa shape index (κ3) is 3.58. The summed E-state index contributed by atoms with van der Waals surface area (Å²) in [4.78, 5) is 42.8. The van der Waals surface area contributed by atoms with E-state index in [1.807, 2.05) is 6.92 Å². The molecule has 3 fully saturated rings. The maximum absolute atomic E-state index is 13.7. The zero-order valence-electron chi connectivity index (χ0n) is 17.6. The molecule has 3 heterocycles. The van der Waals surface area contributed by atoms with Crippen LogP contribution in [0.5, 0.6) is 0 Å². The van der Waals surface area contributed by atoms with Crippen molar-refractivity contribution in [2.45, 2.75) is 55.7 Å². The number of fused-ring (bicyclic) bond motifs is 1. The second-order valence-corrected chi connectivity index (χ2v) is 9.27. The first kappa shape index (κ1) is 23.2. The number of likely N-dealkylation sites (tertiary alicyclic amines) is 1. The number of hydrogen-bond donors (Lipinski definition) is 1. The van der Waals surface area contributed by atoms with Crippen LogP contribution in [0.15, 0.2) is 12.7 Å². The number of halogens is 1. The Morgan fingerprint density at radius 3 is 2.80 bits per heavy atom. The smallest absolute Gasteiger partial charge is 0.312 e. The van der Waals surface area contributed by atoms with Crippen molar-refractivity contribution in [2.24, 2.45) is 11.8 Å². The van der Waals surface area contributed by atoms with Crippen molar-refractivity contribution < 1.29 is 29.0 Å². The van der Waals surface area contributed by atoms with Crippen molar-refractivity contribution >= 4 is 33.7 Å². The topological polar surface area (TPSA) is 96.4 Å². The molecule has 0 aromatic rings. The van der Waals surface area contributed by atoms with Crippen LogP contribution < -0.4 is 0 Å². The van der Waals surface area contributed by atoms with Gasteiger partial charge in [0.2, 0.25) is 11.8 Å². The molecule has 0 aromatic heterocycles. The molecule has 2 bridgehead atoms. The van der Waals surface area contributed by atoms with Crippen molar-refractivity contribution in [3.05, 3.63) is 12.7 Å². The van der Waals surface area contributed by atoms with Gasteiger partial charge < -0.3 is 24.4 Å². The van der Waals surface area contributed by atoms with E-state index in [-0.39, 0.29) is 36.4 Å². The molecule has 3 aliphatic heterocycles. The molecule has 168 valence electrons. The molecule has 0 aromatic carbocycles. The van der Waals surface area contributed by atoms with Crippen LogP contribution >= 0.6 is 15.9 Å². The number of carbonyl (C=O) groups excluding carboxylic acids is 3. The predicted molar refractivity (Wildman–Crippen MR) is 113 cm³/mol. The van der Waals surface area contributed by atoms with Crippen molar-refractivity contribution in [2.75, 3.05) is 32.8 Å². The monoisotopic (exact) mass is 486 g/mol. The van der Waals surface area contributed by atoms with Crippen LogP contribution in [-0.2, 0) is 23.9 Å². The van der Waals surface area contributed by atoms with E-state index in [1.54, 1.807) is 17.9 Å². The summed E-state index contributed by atoms with van der Waals surface area (Å²) >= 11 is 3.60. The molecule has 9 heteroatoms. The maximum Gasteiger partial charge on any atom is 0.312 e. The van der Waals surface area contributed by atoms with Crippen LogP contribution in [0.3, 0.4) is 0 Å². The van der Waals surface area contributed by atoms with E-state index in [0.29, 0.717) is 19.5 Å². The molecule has 0 saturated carbocycles. The van der Waals surface area contributed by atoms with Gasteiger partial charge in [-0.05, 0) is 19.8 Å². The average molecular weight is 487 g/mol. The van der Waals surface area contributed by atoms with Gasteiger partial charge in [-0.1, -0.05) is 35.4 Å². The third-order valence-electron chi connectivity index (χ3n) is 6.37. The van der Waals surface area contributed by atoms with E-state index in [4.69, 9.17) is 9.47 Å². The Kier molecular flexibility index (Phi) is 7.24. The van der Waals surface area contributed by atoms with E-state index in [0.717, 1.165) is 12.8 Å². The lowest BCUT2D eigenvalue weighted by Gasteiger charge is -2.37. The fraction of sp³-hybridized carbons (Fsp3) is 0.762. The minimum Gasteiger partial charge on any atom is -0.466 e. The van der Waals surface area contributed by atoms with Gasteiger partial charge in [0.05, 0.1) is 31.2 Å². The highest BCUT2D eigenvalue weighted by atomic mass is 79.9. The van der Waals surface area contributed by atoms with E-state index < -0.39 is 35.6 Å². The number of ether oxygens (including phenoxy) is 2. The standard InChI is InChI=1S/C21H31BrN2O6/c1-4-7-9-23(8-5-2)19(27)17-21-12-13(22)16(30-21)14(20(28)29-6-3)15(21)18(26)24(17)10-11-25/h5,13-17,25H,2,4,6-12H2,1,3H3/t13?,14-,15+,16-,17-,21+/m1/s1. The first-order valence-corrected chi connectivity index (χ1v) is 11.6. The van der Waals surface area contributed by atoms with Gasteiger partial charge in [-0.15, -0.1) is 6.58 Å². The normalized spacial score (nSPS) is 34.2. The fourth-order valence-corrected chi connectivity index (χ4v) is 6.18. The van der Waals surface area contributed by atoms with Gasteiger partial charge in [-0.25, -0.2) is 0 Å². The molecule has 0 radical (unpaired) electrons. The van der Waals surface area contributed by atoms with Gasteiger partial charge in [0.25, 0.3) is 0 Å². The predicted octanol–water partition coefficient (Wildman–Crippen LogP) is 1.10. The summed E-state index contributed by atoms with van der Waals surface area (Å²) in [5.74, 6) is -2.57. The number of amides is 2. The molecule has 6 atom stereocenters. The van der Waals surface area contributed by atoms with Crippen molar-refractivity contribution in [1.82, 2.24) is 9.80 Å². The molecular weight excluding hydrogens is 456 g/mol. The highest BCUT2D eigenvalue weighted by Gasteiger charge is 2.77. The number of hydrogen-bond acceptors (Lipinski definition) is 6. The quantitative estimate of drug-likeness (QED) is 0.282. The second kappa shape index (κ2) is 9.36. The van der Waals surface area contributed by atoms with E-state index >= 15 is 0 Å². The number of nitrogens with zero attached hydrogens (tertiary/aromatic N) is 2. The van der Waals surface area contributed by atoms with E-state index in [9.17, 15) is 19.5 Å². The highest BCUT2D eigenvalue weighted by molar-refractivity contribution is 9.09. The Bertz CT molecular complexity index is 703. The minimum atomic E-state index is -1.11. The number of alkyl halides is 1. The molecule has 1 unspecified atom stereocenters. The molecule has 3 rings (SSSR count). The number of carbonyl (C=O) groups is 3. The Labute approximate surface area is 185 Å². The number of aliphatic hydroxyl groups excluding tert-OH is 1. The lowest BCUT2D eigenvalue weighted by molar-refractivity contribution is -0.155. The summed E-state index contributed by atoms with van der Waals surface area (Å²) in [6.07, 6.45) is 3.33. The Morgan fingerprint density at radius 2 is 2.20 bits per heavy atom. The number of rotatable bonds is 10. The van der Waals surface area contributed by atoms with Gasteiger partial charge in [0.1, 0.15) is 11.6 Å². The van der Waals surface area contributed by atoms with Gasteiger partial charge >= 0.3 is 5.97 Å². The van der Waals surface area contributed by atoms with E-state index in [1.165, 1.54) is 4.90 Å². The van der Waals surface area contributed by atoms with Crippen LogP contribution in [-0.4, -0.2) is 88.1 Å². The molecule has 2 amide bonds. The SMILES string of the molecule is C=CCN(CCCC)C(=O)[C@H]1N(CCO)C(=O)[C@@H]2[C@@H](C(=O)OCC)[C@@H]3O[C@@]21CC3Br. The Morgan fingerprint density at radius 1 is 1.47 bits per heavy atom. The van der Waals surface area contributed by atoms with Crippen molar-refractivity contribution in [1.29, 1.82) is 0 Å². The number of unbranched alkanes of at least 4 members (excludes halogenated alkanes) is 1. The van der Waals surface area contributed by atoms with Gasteiger partial charge in [0, 0.05) is 24.5 Å². The lowest BCUT2D eigenvalue weighted by atomic mass is 9.70. The third-order valence-corrected chi connectivity index (χ3v) is 7.21. The molecule has 0 aliphatic carbocycles. The first-order valence-electron chi connectivity index (χ1n) is 10.7. The van der Waals surface area contributed by atoms with Crippen LogP contribution in [0, 0.1) is 11.8 Å². The average Bonchev–Trinajstić information content (AvgIpc) is 3.29. The van der Waals surface area contributed by atoms with Crippen LogP contribution in [0.4, 0.5) is 0 Å². The Hall–Kier alpha value is -1.45. The maximum atomic E-state index is 13.7. The second-order valence-electron chi connectivity index (χ2n) is 8.10. The van der Waals surface area contributed by atoms with Crippen LogP contribution in [0.2, 0.25) is 0 Å². The van der Waals surface area contributed by atoms with Gasteiger partial charge in [-0.3, -0.25) is 14.4 Å². The van der Waals surface area contributed by atoms with E-state index in [2.05, 4.69) is 22.5 Å². The molecule has 1 spiro atoms. The number of β-amino-alcohol motifs (C(OH)–C–C–N with tert-alkyl or cyclic N) is 1. The van der Waals surface area contributed by atoms with Crippen LogP contribution in [0.25, 0.3) is 0 Å².